The van der Waals surface area contributed by atoms with Crippen molar-refractivity contribution in [2.75, 3.05) is 19.8 Å². The molecule has 1 nitrogen and oxygen atoms in total. The maximum atomic E-state index is 12.2. The molecule has 0 saturated carbocycles. The average molecular weight is 168 g/mol. The van der Waals surface area contributed by atoms with Gasteiger partial charge in [0.25, 0.3) is 0 Å². The lowest BCUT2D eigenvalue weighted by atomic mass is 9.83. The van der Waals surface area contributed by atoms with E-state index in [1.165, 1.54) is 0 Å². The van der Waals surface area contributed by atoms with Crippen molar-refractivity contribution in [1.82, 2.24) is 5.32 Å². The van der Waals surface area contributed by atoms with Gasteiger partial charge in [-0.25, -0.2) is 0 Å². The van der Waals surface area contributed by atoms with E-state index >= 15 is 0 Å². The van der Waals surface area contributed by atoms with Crippen molar-refractivity contribution in [1.29, 1.82) is 0 Å². The van der Waals surface area contributed by atoms with Gasteiger partial charge in [0.2, 0.25) is 0 Å². The van der Waals surface area contributed by atoms with Crippen LogP contribution in [0.5, 0.6) is 0 Å². The summed E-state index contributed by atoms with van der Waals surface area (Å²) in [5, 5.41) is 3.21. The minimum atomic E-state index is -0.158. The van der Waals surface area contributed by atoms with Gasteiger partial charge in [-0.05, 0) is 31.3 Å². The average Bonchev–Trinajstić information content (AvgIpc) is 1.90. The Kier molecular flexibility index (Phi) is 4.22. The highest BCUT2D eigenvalue weighted by Gasteiger charge is 2.25. The highest BCUT2D eigenvalue weighted by atomic mass is 35.5. The van der Waals surface area contributed by atoms with E-state index in [4.69, 9.17) is 0 Å². The quantitative estimate of drug-likeness (QED) is 0.628. The molecule has 0 atom stereocenters. The number of hydrogen-bond acceptors (Lipinski definition) is 1. The smallest absolute Gasteiger partial charge is 0.0948 e. The van der Waals surface area contributed by atoms with Crippen LogP contribution in [0, 0.1) is 5.41 Å². The van der Waals surface area contributed by atoms with Gasteiger partial charge in [-0.3, -0.25) is 4.39 Å². The fraction of sp³-hybridized carbons (Fsp3) is 1.00. The first-order valence-corrected chi connectivity index (χ1v) is 3.54. The summed E-state index contributed by atoms with van der Waals surface area (Å²) >= 11 is 0. The lowest BCUT2D eigenvalue weighted by Gasteiger charge is -2.30. The molecule has 1 saturated heterocycles. The van der Waals surface area contributed by atoms with Crippen molar-refractivity contribution in [3.63, 3.8) is 0 Å². The predicted molar refractivity (Wildman–Crippen MR) is 43.4 cm³/mol. The van der Waals surface area contributed by atoms with Crippen molar-refractivity contribution in [2.24, 2.45) is 5.41 Å². The van der Waals surface area contributed by atoms with Crippen LogP contribution in [-0.4, -0.2) is 19.8 Å². The Labute approximate surface area is 67.8 Å². The summed E-state index contributed by atoms with van der Waals surface area (Å²) in [7, 11) is 0. The third kappa shape index (κ3) is 2.43. The largest absolute Gasteiger partial charge is 0.317 e. The number of nitrogens with one attached hydrogen (secondary N) is 1. The molecule has 0 aromatic heterocycles. The van der Waals surface area contributed by atoms with Crippen LogP contribution >= 0.6 is 12.4 Å². The third-order valence-corrected chi connectivity index (χ3v) is 2.13. The highest BCUT2D eigenvalue weighted by Crippen LogP contribution is 2.27. The van der Waals surface area contributed by atoms with Gasteiger partial charge in [-0.15, -0.1) is 12.4 Å². The van der Waals surface area contributed by atoms with E-state index in [9.17, 15) is 4.39 Å². The maximum Gasteiger partial charge on any atom is 0.0948 e. The molecule has 1 aliphatic heterocycles. The fourth-order valence-corrected chi connectivity index (χ4v) is 1.16. The SMILES string of the molecule is CC1(CF)CCNCC1.Cl. The van der Waals surface area contributed by atoms with Gasteiger partial charge < -0.3 is 5.32 Å². The second-order valence-electron chi connectivity index (χ2n) is 3.19. The zero-order chi connectivity index (χ0) is 6.74. The van der Waals surface area contributed by atoms with Gasteiger partial charge in [0, 0.05) is 0 Å². The predicted octanol–water partition coefficient (Wildman–Crippen LogP) is 1.77. The number of alkyl halides is 1. The summed E-state index contributed by atoms with van der Waals surface area (Å²) in [6, 6.07) is 0. The maximum absolute atomic E-state index is 12.2. The van der Waals surface area contributed by atoms with Gasteiger partial charge in [0.15, 0.2) is 0 Å². The molecule has 1 heterocycles. The highest BCUT2D eigenvalue weighted by molar-refractivity contribution is 5.85. The zero-order valence-corrected chi connectivity index (χ0v) is 7.14. The molecular weight excluding hydrogens is 153 g/mol. The van der Waals surface area contributed by atoms with Gasteiger partial charge in [0.1, 0.15) is 0 Å². The lowest BCUT2D eigenvalue weighted by molar-refractivity contribution is 0.171. The van der Waals surface area contributed by atoms with Crippen molar-refractivity contribution >= 4 is 12.4 Å². The molecule has 3 heteroatoms. The second kappa shape index (κ2) is 4.14. The Morgan fingerprint density at radius 2 is 1.90 bits per heavy atom. The zero-order valence-electron chi connectivity index (χ0n) is 6.32. The van der Waals surface area contributed by atoms with Crippen LogP contribution < -0.4 is 5.32 Å². The van der Waals surface area contributed by atoms with Crippen molar-refractivity contribution in [3.05, 3.63) is 0 Å². The van der Waals surface area contributed by atoms with Crippen LogP contribution in [0.1, 0.15) is 19.8 Å². The van der Waals surface area contributed by atoms with Crippen molar-refractivity contribution in [3.8, 4) is 0 Å². The normalized spacial score (nSPS) is 23.4. The summed E-state index contributed by atoms with van der Waals surface area (Å²) in [5.74, 6) is 0. The molecule has 0 radical (unpaired) electrons. The molecule has 0 aromatic carbocycles. The summed E-state index contributed by atoms with van der Waals surface area (Å²) in [4.78, 5) is 0. The molecule has 0 spiro atoms. The first-order chi connectivity index (χ1) is 4.27. The number of halogens is 2. The van der Waals surface area contributed by atoms with Crippen LogP contribution in [0.3, 0.4) is 0 Å². The van der Waals surface area contributed by atoms with E-state index in [2.05, 4.69) is 5.32 Å². The van der Waals surface area contributed by atoms with Crippen LogP contribution in [0.2, 0.25) is 0 Å². The Morgan fingerprint density at radius 1 is 1.40 bits per heavy atom. The van der Waals surface area contributed by atoms with E-state index < -0.39 is 0 Å². The molecule has 1 N–H and O–H groups in total. The molecule has 1 fully saturated rings. The molecule has 0 aliphatic carbocycles. The van der Waals surface area contributed by atoms with Gasteiger partial charge >= 0.3 is 0 Å². The molecule has 0 bridgehead atoms. The first-order valence-electron chi connectivity index (χ1n) is 3.54. The van der Waals surface area contributed by atoms with E-state index in [1.54, 1.807) is 0 Å². The summed E-state index contributed by atoms with van der Waals surface area (Å²) in [6.45, 7) is 3.84. The summed E-state index contributed by atoms with van der Waals surface area (Å²) in [6.07, 6.45) is 1.98. The van der Waals surface area contributed by atoms with E-state index in [1.807, 2.05) is 6.92 Å². The molecule has 1 rings (SSSR count). The molecular formula is C7H15ClFN. The molecule has 0 aromatic rings. The van der Waals surface area contributed by atoms with E-state index in [0.29, 0.717) is 0 Å². The Morgan fingerprint density at radius 3 is 2.20 bits per heavy atom. The first kappa shape index (κ1) is 10.2. The topological polar surface area (TPSA) is 12.0 Å². The van der Waals surface area contributed by atoms with Gasteiger partial charge in [-0.1, -0.05) is 6.92 Å². The Bertz CT molecular complexity index is 91.6. The molecule has 10 heavy (non-hydrogen) atoms. The number of rotatable bonds is 1. The summed E-state index contributed by atoms with van der Waals surface area (Å²) < 4.78 is 12.2. The van der Waals surface area contributed by atoms with Gasteiger partial charge in [0.05, 0.1) is 6.67 Å². The third-order valence-electron chi connectivity index (χ3n) is 2.13. The standard InChI is InChI=1S/C7H14FN.ClH/c1-7(6-8)2-4-9-5-3-7;/h9H,2-6H2,1H3;1H. The van der Waals surface area contributed by atoms with Crippen LogP contribution in [0.15, 0.2) is 0 Å². The Hall–Kier alpha value is 0.180. The van der Waals surface area contributed by atoms with Gasteiger partial charge in [-0.2, -0.15) is 0 Å². The second-order valence-corrected chi connectivity index (χ2v) is 3.19. The molecule has 0 amide bonds. The monoisotopic (exact) mass is 167 g/mol. The molecule has 1 aliphatic rings. The fourth-order valence-electron chi connectivity index (χ4n) is 1.16. The van der Waals surface area contributed by atoms with E-state index in [0.717, 1.165) is 25.9 Å². The minimum Gasteiger partial charge on any atom is -0.317 e. The number of hydrogen-bond donors (Lipinski definition) is 1. The molecule has 0 unspecified atom stereocenters. The van der Waals surface area contributed by atoms with Crippen molar-refractivity contribution < 1.29 is 4.39 Å². The lowest BCUT2D eigenvalue weighted by Crippen LogP contribution is -2.35. The van der Waals surface area contributed by atoms with Crippen LogP contribution in [0.4, 0.5) is 4.39 Å². The Balaban J connectivity index is 0.000000810. The molecule has 62 valence electrons. The number of piperidine rings is 1. The minimum absolute atomic E-state index is 0. The van der Waals surface area contributed by atoms with E-state index in [-0.39, 0.29) is 24.5 Å². The van der Waals surface area contributed by atoms with Crippen molar-refractivity contribution in [2.45, 2.75) is 19.8 Å². The summed E-state index contributed by atoms with van der Waals surface area (Å²) in [5.41, 5.74) is -0.00868. The van der Waals surface area contributed by atoms with Crippen LogP contribution in [-0.2, 0) is 0 Å². The van der Waals surface area contributed by atoms with Crippen LogP contribution in [0.25, 0.3) is 0 Å².